The molecule has 0 aliphatic carbocycles. The van der Waals surface area contributed by atoms with Crippen LogP contribution < -0.4 is 14.4 Å². The van der Waals surface area contributed by atoms with Gasteiger partial charge in [-0.25, -0.2) is 8.42 Å². The van der Waals surface area contributed by atoms with Crippen molar-refractivity contribution in [2.24, 2.45) is 0 Å². The summed E-state index contributed by atoms with van der Waals surface area (Å²) in [6.45, 7) is 2.66. The molecule has 0 bridgehead atoms. The largest absolute Gasteiger partial charge is 0.495 e. The Hall–Kier alpha value is -3.27. The van der Waals surface area contributed by atoms with E-state index in [1.165, 1.54) is 31.2 Å². The molecule has 0 radical (unpaired) electrons. The second-order valence-electron chi connectivity index (χ2n) is 8.51. The lowest BCUT2D eigenvalue weighted by Gasteiger charge is -2.32. The van der Waals surface area contributed by atoms with Crippen LogP contribution >= 0.6 is 23.2 Å². The van der Waals surface area contributed by atoms with E-state index in [1.54, 1.807) is 61.5 Å². The molecule has 0 aromatic heterocycles. The molecule has 3 rings (SSSR count). The van der Waals surface area contributed by atoms with Crippen LogP contribution in [0.5, 0.6) is 5.75 Å². The maximum absolute atomic E-state index is 13.9. The molecule has 0 spiro atoms. The second kappa shape index (κ2) is 12.5. The molecule has 2 amide bonds. The molecule has 0 saturated carbocycles. The molecule has 0 aliphatic heterocycles. The van der Waals surface area contributed by atoms with Crippen LogP contribution in [-0.2, 0) is 26.2 Å². The fraction of sp³-hybridized carbons (Fsp3) is 0.259. The van der Waals surface area contributed by atoms with Gasteiger partial charge in [0.05, 0.1) is 17.7 Å². The first kappa shape index (κ1) is 29.3. The number of aryl methyl sites for hydroxylation is 1. The molecule has 38 heavy (non-hydrogen) atoms. The van der Waals surface area contributed by atoms with Gasteiger partial charge in [0.2, 0.25) is 11.8 Å². The minimum Gasteiger partial charge on any atom is -0.495 e. The molecular formula is C27H29Cl2N3O5S. The van der Waals surface area contributed by atoms with Gasteiger partial charge in [-0.3, -0.25) is 13.9 Å². The zero-order valence-electron chi connectivity index (χ0n) is 21.4. The molecule has 0 aliphatic rings. The first-order valence-electron chi connectivity index (χ1n) is 11.7. The van der Waals surface area contributed by atoms with Crippen molar-refractivity contribution in [3.8, 4) is 5.75 Å². The first-order valence-corrected chi connectivity index (χ1v) is 13.9. The average Bonchev–Trinajstić information content (AvgIpc) is 2.90. The number of ether oxygens (including phenoxy) is 1. The topological polar surface area (TPSA) is 96.0 Å². The summed E-state index contributed by atoms with van der Waals surface area (Å²) in [4.78, 5) is 27.7. The van der Waals surface area contributed by atoms with Gasteiger partial charge < -0.3 is 15.0 Å². The molecule has 202 valence electrons. The number of amides is 2. The Morgan fingerprint density at radius 2 is 1.58 bits per heavy atom. The number of sulfonamides is 1. The highest BCUT2D eigenvalue weighted by Crippen LogP contribution is 2.33. The van der Waals surface area contributed by atoms with Crippen molar-refractivity contribution in [2.45, 2.75) is 31.3 Å². The maximum atomic E-state index is 13.9. The number of nitrogens with one attached hydrogen (secondary N) is 1. The van der Waals surface area contributed by atoms with Crippen molar-refractivity contribution in [3.63, 3.8) is 0 Å². The molecule has 3 aromatic carbocycles. The Bertz CT molecular complexity index is 1390. The standard InChI is InChI=1S/C27H29Cl2N3O5S/c1-18-12-14-20(15-13-18)38(35,36)32(24-10-5-6-11-25(24)37-4)17-26(33)31(19(2)27(34)30-3)16-21-22(28)8-7-9-23(21)29/h5-15,19H,16-17H2,1-4H3,(H,30,34)/t19-/m0/s1. The number of methoxy groups -OCH3 is 1. The van der Waals surface area contributed by atoms with E-state index in [2.05, 4.69) is 5.32 Å². The van der Waals surface area contributed by atoms with Crippen LogP contribution in [0.4, 0.5) is 5.69 Å². The summed E-state index contributed by atoms with van der Waals surface area (Å²) in [6, 6.07) is 16.8. The second-order valence-corrected chi connectivity index (χ2v) is 11.2. The highest BCUT2D eigenvalue weighted by atomic mass is 35.5. The molecule has 1 atom stereocenters. The van der Waals surface area contributed by atoms with Gasteiger partial charge in [0, 0.05) is 29.2 Å². The minimum atomic E-state index is -4.22. The van der Waals surface area contributed by atoms with Crippen LogP contribution in [0.1, 0.15) is 18.1 Å². The Labute approximate surface area is 233 Å². The monoisotopic (exact) mass is 577 g/mol. The fourth-order valence-electron chi connectivity index (χ4n) is 3.83. The van der Waals surface area contributed by atoms with Crippen LogP contribution in [0.3, 0.4) is 0 Å². The van der Waals surface area contributed by atoms with Gasteiger partial charge in [-0.15, -0.1) is 0 Å². The predicted molar refractivity (Wildman–Crippen MR) is 149 cm³/mol. The number of para-hydroxylation sites is 2. The Morgan fingerprint density at radius 3 is 2.16 bits per heavy atom. The van der Waals surface area contributed by atoms with Crippen molar-refractivity contribution in [1.82, 2.24) is 10.2 Å². The zero-order valence-corrected chi connectivity index (χ0v) is 23.8. The van der Waals surface area contributed by atoms with E-state index in [-0.39, 0.29) is 22.9 Å². The van der Waals surface area contributed by atoms with E-state index in [0.29, 0.717) is 15.6 Å². The van der Waals surface area contributed by atoms with Crippen LogP contribution in [-0.4, -0.2) is 51.9 Å². The van der Waals surface area contributed by atoms with Crippen molar-refractivity contribution in [3.05, 3.63) is 87.9 Å². The minimum absolute atomic E-state index is 0.00172. The van der Waals surface area contributed by atoms with Crippen LogP contribution in [0, 0.1) is 6.92 Å². The van der Waals surface area contributed by atoms with Gasteiger partial charge in [-0.05, 0) is 50.2 Å². The van der Waals surface area contributed by atoms with Crippen molar-refractivity contribution in [2.75, 3.05) is 25.0 Å². The number of rotatable bonds is 10. The van der Waals surface area contributed by atoms with Crippen LogP contribution in [0.15, 0.2) is 71.6 Å². The number of halogens is 2. The van der Waals surface area contributed by atoms with E-state index in [0.717, 1.165) is 9.87 Å². The molecule has 11 heteroatoms. The Kier molecular flexibility index (Phi) is 9.65. The molecule has 3 aromatic rings. The summed E-state index contributed by atoms with van der Waals surface area (Å²) < 4.78 is 34.2. The number of hydrogen-bond acceptors (Lipinski definition) is 5. The third-order valence-corrected chi connectivity index (χ3v) is 8.53. The van der Waals surface area contributed by atoms with E-state index >= 15 is 0 Å². The number of benzene rings is 3. The number of nitrogens with zero attached hydrogens (tertiary/aromatic N) is 2. The maximum Gasteiger partial charge on any atom is 0.264 e. The van der Waals surface area contributed by atoms with Gasteiger partial charge in [0.15, 0.2) is 0 Å². The summed E-state index contributed by atoms with van der Waals surface area (Å²) in [7, 11) is -1.35. The fourth-order valence-corrected chi connectivity index (χ4v) is 5.77. The number of anilines is 1. The summed E-state index contributed by atoms with van der Waals surface area (Å²) in [5.74, 6) is -0.818. The predicted octanol–water partition coefficient (Wildman–Crippen LogP) is 4.67. The van der Waals surface area contributed by atoms with Crippen LogP contribution in [0.25, 0.3) is 0 Å². The molecule has 1 N–H and O–H groups in total. The first-order chi connectivity index (χ1) is 18.0. The van der Waals surface area contributed by atoms with Gasteiger partial charge >= 0.3 is 0 Å². The number of likely N-dealkylation sites (N-methyl/N-ethyl adjacent to an activating group) is 1. The highest BCUT2D eigenvalue weighted by Gasteiger charge is 2.34. The Balaban J connectivity index is 2.11. The summed E-state index contributed by atoms with van der Waals surface area (Å²) >= 11 is 12.7. The van der Waals surface area contributed by atoms with E-state index in [9.17, 15) is 18.0 Å². The zero-order chi connectivity index (χ0) is 28.0. The smallest absolute Gasteiger partial charge is 0.264 e. The normalized spacial score (nSPS) is 11.9. The van der Waals surface area contributed by atoms with Crippen molar-refractivity contribution in [1.29, 1.82) is 0 Å². The molecule has 8 nitrogen and oxygen atoms in total. The highest BCUT2D eigenvalue weighted by molar-refractivity contribution is 7.92. The summed E-state index contributed by atoms with van der Waals surface area (Å²) in [5.41, 5.74) is 1.49. The van der Waals surface area contributed by atoms with Gasteiger partial charge in [0.25, 0.3) is 10.0 Å². The van der Waals surface area contributed by atoms with Crippen LogP contribution in [0.2, 0.25) is 10.0 Å². The number of carbonyl (C=O) groups excluding carboxylic acids is 2. The average molecular weight is 579 g/mol. The molecule has 0 fully saturated rings. The summed E-state index contributed by atoms with van der Waals surface area (Å²) in [6.07, 6.45) is 0. The Morgan fingerprint density at radius 1 is 0.974 bits per heavy atom. The number of hydrogen-bond donors (Lipinski definition) is 1. The lowest BCUT2D eigenvalue weighted by molar-refractivity contribution is -0.139. The third kappa shape index (κ3) is 6.40. The van der Waals surface area contributed by atoms with Crippen molar-refractivity contribution < 1.29 is 22.7 Å². The van der Waals surface area contributed by atoms with E-state index < -0.39 is 34.4 Å². The molecule has 0 unspecified atom stereocenters. The van der Waals surface area contributed by atoms with E-state index in [1.807, 2.05) is 6.92 Å². The molecular weight excluding hydrogens is 549 g/mol. The number of carbonyl (C=O) groups is 2. The SMILES string of the molecule is CNC(=O)[C@H](C)N(Cc1c(Cl)cccc1Cl)C(=O)CN(c1ccccc1OC)S(=O)(=O)c1ccc(C)cc1. The van der Waals surface area contributed by atoms with Crippen molar-refractivity contribution >= 4 is 50.7 Å². The molecule has 0 heterocycles. The van der Waals surface area contributed by atoms with Gasteiger partial charge in [-0.2, -0.15) is 0 Å². The lowest BCUT2D eigenvalue weighted by Crippen LogP contribution is -2.50. The summed E-state index contributed by atoms with van der Waals surface area (Å²) in [5, 5.41) is 3.16. The third-order valence-electron chi connectivity index (χ3n) is 6.05. The lowest BCUT2D eigenvalue weighted by atomic mass is 10.1. The molecule has 0 saturated heterocycles. The quantitative estimate of drug-likeness (QED) is 0.378. The van der Waals surface area contributed by atoms with Gasteiger partial charge in [-0.1, -0.05) is 59.1 Å². The van der Waals surface area contributed by atoms with E-state index in [4.69, 9.17) is 27.9 Å². The van der Waals surface area contributed by atoms with Gasteiger partial charge in [0.1, 0.15) is 18.3 Å².